The minimum absolute atomic E-state index is 0.104. The summed E-state index contributed by atoms with van der Waals surface area (Å²) in [5.74, 6) is -0.147. The average molecular weight is 553 g/mol. The van der Waals surface area contributed by atoms with E-state index in [4.69, 9.17) is 14.8 Å². The zero-order valence-electron chi connectivity index (χ0n) is 22.6. The molecule has 1 unspecified atom stereocenters. The number of hydrogen-bond acceptors (Lipinski definition) is 8. The molecule has 2 aliphatic rings. The summed E-state index contributed by atoms with van der Waals surface area (Å²) < 4.78 is 6.13. The Labute approximate surface area is 237 Å². The molecule has 0 amide bonds. The van der Waals surface area contributed by atoms with E-state index in [2.05, 4.69) is 22.6 Å². The Morgan fingerprint density at radius 2 is 1.98 bits per heavy atom. The van der Waals surface area contributed by atoms with Crippen LogP contribution in [-0.4, -0.2) is 56.9 Å². The quantitative estimate of drug-likeness (QED) is 0.220. The highest BCUT2D eigenvalue weighted by Gasteiger charge is 2.41. The number of nitrogens with one attached hydrogen (secondary N) is 1. The zero-order valence-corrected chi connectivity index (χ0v) is 22.6. The number of nitriles is 1. The van der Waals surface area contributed by atoms with E-state index in [0.717, 1.165) is 16.7 Å². The summed E-state index contributed by atoms with van der Waals surface area (Å²) in [6.07, 6.45) is 2.13. The number of aliphatic imine (C=N–C) groups is 1. The second kappa shape index (κ2) is 12.4. The van der Waals surface area contributed by atoms with Crippen molar-refractivity contribution >= 4 is 16.9 Å². The van der Waals surface area contributed by atoms with Crippen molar-refractivity contribution in [3.05, 3.63) is 93.5 Å². The number of ether oxygens (including phenoxy) is 1. The van der Waals surface area contributed by atoms with Crippen LogP contribution in [0.15, 0.2) is 76.8 Å². The van der Waals surface area contributed by atoms with Crippen LogP contribution in [0.2, 0.25) is 0 Å². The topological polar surface area (TPSA) is 152 Å². The molecule has 0 saturated heterocycles. The predicted molar refractivity (Wildman–Crippen MR) is 155 cm³/mol. The number of nitrogens with zero attached hydrogens (tertiary/aromatic N) is 3. The summed E-state index contributed by atoms with van der Waals surface area (Å²) >= 11 is 0. The number of H-pyrrole nitrogens is 1. The molecule has 1 heterocycles. The Balaban J connectivity index is 1.56. The van der Waals surface area contributed by atoms with Gasteiger partial charge in [0.1, 0.15) is 11.8 Å². The number of aliphatic hydroxyl groups is 3. The first-order chi connectivity index (χ1) is 20.0. The first-order valence-electron chi connectivity index (χ1n) is 13.7. The molecular formula is C32H32N4O5. The maximum Gasteiger partial charge on any atom is 0.260 e. The highest BCUT2D eigenvalue weighted by atomic mass is 16.5. The lowest BCUT2D eigenvalue weighted by Crippen LogP contribution is -2.42. The van der Waals surface area contributed by atoms with Crippen molar-refractivity contribution in [2.75, 3.05) is 19.8 Å². The molecule has 210 valence electrons. The minimum Gasteiger partial charge on any atom is -0.493 e. The second-order valence-electron chi connectivity index (χ2n) is 10.2. The van der Waals surface area contributed by atoms with Crippen molar-refractivity contribution in [3.63, 3.8) is 0 Å². The number of aromatic amines is 1. The molecule has 0 bridgehead atoms. The summed E-state index contributed by atoms with van der Waals surface area (Å²) in [6, 6.07) is 17.9. The number of benzene rings is 2. The van der Waals surface area contributed by atoms with Gasteiger partial charge in [0.15, 0.2) is 0 Å². The lowest BCUT2D eigenvalue weighted by atomic mass is 9.89. The van der Waals surface area contributed by atoms with Gasteiger partial charge in [0.25, 0.3) is 5.56 Å². The van der Waals surface area contributed by atoms with E-state index in [-0.39, 0.29) is 30.6 Å². The van der Waals surface area contributed by atoms with Gasteiger partial charge in [-0.3, -0.25) is 9.79 Å². The van der Waals surface area contributed by atoms with Crippen molar-refractivity contribution in [2.24, 2.45) is 16.8 Å². The van der Waals surface area contributed by atoms with Crippen molar-refractivity contribution in [2.45, 2.75) is 31.9 Å². The summed E-state index contributed by atoms with van der Waals surface area (Å²) in [6.45, 7) is 4.61. The van der Waals surface area contributed by atoms with Gasteiger partial charge in [0.05, 0.1) is 47.4 Å². The fourth-order valence-electron chi connectivity index (χ4n) is 5.58. The summed E-state index contributed by atoms with van der Waals surface area (Å²) in [7, 11) is 0. The molecule has 3 atom stereocenters. The summed E-state index contributed by atoms with van der Waals surface area (Å²) in [4.78, 5) is 24.6. The fourth-order valence-corrected chi connectivity index (χ4v) is 5.58. The zero-order chi connectivity index (χ0) is 28.9. The van der Waals surface area contributed by atoms with Crippen LogP contribution in [0, 0.1) is 23.2 Å². The second-order valence-corrected chi connectivity index (χ2v) is 10.2. The summed E-state index contributed by atoms with van der Waals surface area (Å²) in [5, 5.41) is 40.2. The van der Waals surface area contributed by atoms with Crippen molar-refractivity contribution < 1.29 is 20.1 Å². The third-order valence-corrected chi connectivity index (χ3v) is 7.72. The van der Waals surface area contributed by atoms with E-state index in [1.165, 1.54) is 6.33 Å². The molecule has 0 spiro atoms. The van der Waals surface area contributed by atoms with Crippen LogP contribution in [0.25, 0.3) is 22.3 Å². The van der Waals surface area contributed by atoms with Crippen molar-refractivity contribution in [1.82, 2.24) is 9.97 Å². The van der Waals surface area contributed by atoms with E-state index in [1.807, 2.05) is 48.5 Å². The molecule has 2 aliphatic carbocycles. The maximum absolute atomic E-state index is 12.8. The molecule has 0 radical (unpaired) electrons. The Bertz CT molecular complexity index is 1700. The van der Waals surface area contributed by atoms with E-state index >= 15 is 0 Å². The largest absolute Gasteiger partial charge is 0.493 e. The SMILES string of the molecule is C=C1C(C2=c3nc[nH]c(=O)c3=C(C#N)C2=NCc2ccc(-c3ccccc3)c(OCCCCO)c2)C[C@H](CO)[C@H]1O. The van der Waals surface area contributed by atoms with Crippen LogP contribution >= 0.6 is 0 Å². The van der Waals surface area contributed by atoms with Gasteiger partial charge in [0, 0.05) is 36.2 Å². The highest BCUT2D eigenvalue weighted by molar-refractivity contribution is 6.44. The number of unbranched alkanes of at least 4 members (excludes halogenated alkanes) is 1. The molecule has 41 heavy (non-hydrogen) atoms. The molecule has 4 N–H and O–H groups in total. The third-order valence-electron chi connectivity index (χ3n) is 7.72. The van der Waals surface area contributed by atoms with E-state index < -0.39 is 23.5 Å². The fraction of sp³-hybridized carbons (Fsp3) is 0.312. The molecule has 1 fully saturated rings. The lowest BCUT2D eigenvalue weighted by Gasteiger charge is -2.16. The number of aromatic nitrogens is 2. The first kappa shape index (κ1) is 28.2. The van der Waals surface area contributed by atoms with Crippen molar-refractivity contribution in [1.29, 1.82) is 5.26 Å². The number of hydrogen-bond donors (Lipinski definition) is 4. The predicted octanol–water partition coefficient (Wildman–Crippen LogP) is 1.61. The van der Waals surface area contributed by atoms with Gasteiger partial charge in [0.2, 0.25) is 0 Å². The van der Waals surface area contributed by atoms with Crippen LogP contribution < -0.4 is 20.9 Å². The number of fused-ring (bicyclic) bond motifs is 1. The first-order valence-corrected chi connectivity index (χ1v) is 13.7. The van der Waals surface area contributed by atoms with Gasteiger partial charge < -0.3 is 25.0 Å². The van der Waals surface area contributed by atoms with E-state index in [1.54, 1.807) is 0 Å². The maximum atomic E-state index is 12.8. The standard InChI is InChI=1S/C32H32N4O5/c1-19-24(14-22(17-38)31(19)39)27-29(25(15-33)28-30(27)35-18-36-32(28)40)34-16-20-9-10-23(21-7-3-2-4-8-21)26(13-20)41-12-6-5-11-37/h2-4,7-10,13,18,22,24,31,37-39H,1,5-6,11-12,14,16-17H2,(H,35,36,40)/t22-,24?,31+/m1/s1. The lowest BCUT2D eigenvalue weighted by molar-refractivity contribution is 0.111. The molecule has 0 aliphatic heterocycles. The summed E-state index contributed by atoms with van der Waals surface area (Å²) in [5.41, 5.74) is 3.88. The van der Waals surface area contributed by atoms with Crippen LogP contribution in [-0.2, 0) is 6.54 Å². The monoisotopic (exact) mass is 552 g/mol. The Hall–Kier alpha value is -4.36. The van der Waals surface area contributed by atoms with Gasteiger partial charge in [-0.25, -0.2) is 4.98 Å². The molecule has 9 heteroatoms. The molecule has 1 aromatic heterocycles. The molecular weight excluding hydrogens is 520 g/mol. The minimum atomic E-state index is -0.911. The van der Waals surface area contributed by atoms with E-state index in [9.17, 15) is 20.3 Å². The van der Waals surface area contributed by atoms with Gasteiger partial charge >= 0.3 is 0 Å². The third kappa shape index (κ3) is 5.50. The molecule has 3 aromatic rings. The molecule has 9 nitrogen and oxygen atoms in total. The normalized spacial score (nSPS) is 20.9. The Kier molecular flexibility index (Phi) is 8.55. The molecule has 2 aromatic carbocycles. The molecule has 5 rings (SSSR count). The number of aliphatic hydroxyl groups excluding tert-OH is 3. The van der Waals surface area contributed by atoms with Crippen LogP contribution in [0.5, 0.6) is 5.75 Å². The molecule has 1 saturated carbocycles. The Morgan fingerprint density at radius 3 is 2.68 bits per heavy atom. The number of rotatable bonds is 10. The van der Waals surface area contributed by atoms with Gasteiger partial charge in [-0.1, -0.05) is 49.0 Å². The van der Waals surface area contributed by atoms with Gasteiger partial charge in [-0.15, -0.1) is 0 Å². The van der Waals surface area contributed by atoms with Crippen LogP contribution in [0.4, 0.5) is 0 Å². The van der Waals surface area contributed by atoms with Crippen LogP contribution in [0.3, 0.4) is 0 Å². The Morgan fingerprint density at radius 1 is 1.17 bits per heavy atom. The highest BCUT2D eigenvalue weighted by Crippen LogP contribution is 2.41. The average Bonchev–Trinajstić information content (AvgIpc) is 3.47. The smallest absolute Gasteiger partial charge is 0.260 e. The van der Waals surface area contributed by atoms with Crippen LogP contribution in [0.1, 0.15) is 24.8 Å². The van der Waals surface area contributed by atoms with Gasteiger partial charge in [-0.2, -0.15) is 5.26 Å². The van der Waals surface area contributed by atoms with Gasteiger partial charge in [-0.05, 0) is 42.0 Å². The van der Waals surface area contributed by atoms with Crippen molar-refractivity contribution in [3.8, 4) is 22.9 Å². The van der Waals surface area contributed by atoms with E-state index in [0.29, 0.717) is 53.8 Å².